The zero-order valence-electron chi connectivity index (χ0n) is 56.7. The fourth-order valence-corrected chi connectivity index (χ4v) is 17.6. The van der Waals surface area contributed by atoms with Crippen molar-refractivity contribution in [1.29, 1.82) is 0 Å². The van der Waals surface area contributed by atoms with E-state index in [9.17, 15) is 105 Å². The summed E-state index contributed by atoms with van der Waals surface area (Å²) < 4.78 is 355. The maximum absolute atomic E-state index is 14.2. The Morgan fingerprint density at radius 3 is 0.869 bits per heavy atom. The molecule has 1 radical (unpaired) electrons. The Morgan fingerprint density at radius 1 is 0.364 bits per heavy atom. The quantitative estimate of drug-likeness (QED) is 0.0470. The van der Waals surface area contributed by atoms with Crippen LogP contribution in [0.5, 0.6) is 0 Å². The Hall–Kier alpha value is -7.09. The Morgan fingerprint density at radius 2 is 0.617 bits per heavy atom. The molecule has 0 spiro atoms. The molecular formula is C77H70BF24IrNO2P-. The minimum absolute atomic E-state index is 0. The summed E-state index contributed by atoms with van der Waals surface area (Å²) in [4.78, 5) is 5.43. The molecule has 107 heavy (non-hydrogen) atoms. The number of aliphatic imine (C=N–C) groups is 1. The summed E-state index contributed by atoms with van der Waals surface area (Å²) in [6, 6.07) is 23.5. The molecule has 0 N–H and O–H groups in total. The van der Waals surface area contributed by atoms with Gasteiger partial charge in [0.2, 0.25) is 5.90 Å². The van der Waals surface area contributed by atoms with Crippen LogP contribution < -0.4 is 21.9 Å². The number of nitrogens with zero attached hydrogens (tertiary/aromatic N) is 1. The maximum atomic E-state index is 14.2. The van der Waals surface area contributed by atoms with Crippen LogP contribution in [0.2, 0.25) is 0 Å². The largest absolute Gasteiger partial charge is 0.472 e. The van der Waals surface area contributed by atoms with E-state index in [0.29, 0.717) is 11.3 Å². The van der Waals surface area contributed by atoms with Crippen LogP contribution in [0.15, 0.2) is 193 Å². The number of hydrogen-bond acceptors (Lipinski definition) is 3. The minimum Gasteiger partial charge on any atom is -0.472 e. The molecule has 30 heteroatoms. The molecular weight excluding hydrogens is 1660 g/mol. The van der Waals surface area contributed by atoms with Gasteiger partial charge in [0, 0.05) is 58.0 Å². The van der Waals surface area contributed by atoms with Crippen molar-refractivity contribution in [2.45, 2.75) is 188 Å². The second-order valence-corrected chi connectivity index (χ2v) is 29.2. The van der Waals surface area contributed by atoms with Gasteiger partial charge in [0.25, 0.3) is 0 Å². The van der Waals surface area contributed by atoms with E-state index in [1.165, 1.54) is 101 Å². The van der Waals surface area contributed by atoms with Crippen LogP contribution in [0, 0.1) is 0 Å². The van der Waals surface area contributed by atoms with Gasteiger partial charge in [-0.2, -0.15) is 127 Å². The first kappa shape index (κ1) is 85.5. The van der Waals surface area contributed by atoms with Gasteiger partial charge in [0.15, 0.2) is 0 Å². The number of alkyl halides is 24. The third kappa shape index (κ3) is 21.9. The van der Waals surface area contributed by atoms with Crippen LogP contribution >= 0.6 is 8.15 Å². The summed E-state index contributed by atoms with van der Waals surface area (Å²) in [7, 11) is -0.606. The molecule has 7 aromatic rings. The van der Waals surface area contributed by atoms with Crippen LogP contribution in [0.4, 0.5) is 105 Å². The van der Waals surface area contributed by atoms with E-state index in [-0.39, 0.29) is 32.3 Å². The molecule has 3 nitrogen and oxygen atoms in total. The molecule has 0 aromatic heterocycles. The number of ether oxygens (including phenoxy) is 1. The monoisotopic (exact) mass is 1730 g/mol. The molecule has 1 aliphatic heterocycles. The van der Waals surface area contributed by atoms with Gasteiger partial charge in [-0.1, -0.05) is 190 Å². The second kappa shape index (κ2) is 34.4. The van der Waals surface area contributed by atoms with Crippen LogP contribution in [-0.2, 0) is 91.6 Å². The van der Waals surface area contributed by atoms with Crippen molar-refractivity contribution in [2.75, 3.05) is 0 Å². The molecule has 1 heterocycles. The van der Waals surface area contributed by atoms with Gasteiger partial charge in [-0.05, 0) is 106 Å². The van der Waals surface area contributed by atoms with Crippen molar-refractivity contribution in [3.63, 3.8) is 0 Å². The molecule has 2 unspecified atom stereocenters. The van der Waals surface area contributed by atoms with E-state index >= 15 is 0 Å². The van der Waals surface area contributed by atoms with E-state index < -0.39 is 208 Å². The van der Waals surface area contributed by atoms with Crippen molar-refractivity contribution < 1.29 is 135 Å². The van der Waals surface area contributed by atoms with Crippen molar-refractivity contribution in [3.8, 4) is 0 Å². The summed E-state index contributed by atoms with van der Waals surface area (Å²) in [5, 5.41) is 0. The predicted molar refractivity (Wildman–Crippen MR) is 359 cm³/mol. The Labute approximate surface area is 616 Å². The maximum Gasteiger partial charge on any atom is 0.416 e. The summed E-state index contributed by atoms with van der Waals surface area (Å²) in [5.41, 5.74) is -25.6. The van der Waals surface area contributed by atoms with Gasteiger partial charge < -0.3 is 9.26 Å². The first-order valence-electron chi connectivity index (χ1n) is 34.0. The third-order valence-corrected chi connectivity index (χ3v) is 22.2. The molecule has 2 saturated carbocycles. The molecule has 3 aliphatic carbocycles. The van der Waals surface area contributed by atoms with Crippen LogP contribution in [0.3, 0.4) is 0 Å². The van der Waals surface area contributed by atoms with Gasteiger partial charge >= 0.3 is 49.4 Å². The predicted octanol–water partition coefficient (Wildman–Crippen LogP) is 23.4. The molecule has 0 saturated heterocycles. The fraction of sp³-hybridized carbons (Fsp3) is 0.390. The molecule has 2 atom stereocenters. The van der Waals surface area contributed by atoms with Gasteiger partial charge in [-0.25, -0.2) is 4.99 Å². The fourth-order valence-electron chi connectivity index (χ4n) is 14.3. The van der Waals surface area contributed by atoms with Crippen LogP contribution in [0.25, 0.3) is 0 Å². The number of rotatable bonds is 14. The molecule has 2 fully saturated rings. The Balaban J connectivity index is 0.000000251. The molecule has 581 valence electrons. The smallest absolute Gasteiger partial charge is 0.416 e. The first-order chi connectivity index (χ1) is 49.5. The molecule has 4 aliphatic rings. The third-order valence-electron chi connectivity index (χ3n) is 19.2. The number of allylic oxidation sites excluding steroid dienone is 4. The zero-order valence-corrected chi connectivity index (χ0v) is 60.0. The van der Waals surface area contributed by atoms with Crippen molar-refractivity contribution in [1.82, 2.24) is 0 Å². The average molecular weight is 1730 g/mol. The van der Waals surface area contributed by atoms with E-state index in [0.717, 1.165) is 24.3 Å². The van der Waals surface area contributed by atoms with Gasteiger partial charge in [-0.15, -0.1) is 0 Å². The van der Waals surface area contributed by atoms with E-state index in [4.69, 9.17) is 14.3 Å². The molecule has 7 aromatic carbocycles. The van der Waals surface area contributed by atoms with Gasteiger partial charge in [0.1, 0.15) is 23.9 Å². The summed E-state index contributed by atoms with van der Waals surface area (Å²) >= 11 is 0. The van der Waals surface area contributed by atoms with Crippen molar-refractivity contribution in [2.24, 2.45) is 4.99 Å². The SMILES string of the molecule is C1=CCCC=CCC1.CC1OC(c2ccccc2)=NC1C(Cc1ccccc1)(Cc1ccccc1)OP(C1CCCCC1)C1CCCCC1.FC(F)(F)c1cc([B-](c2cc(C(F)(F)F)cc(C(F)(F)F)c2)(c2cc(C(F)(F)F)cc(C(F)(F)F)c2)c2cc(C(F)(F)F)cc(C(F)(F)F)c2)cc(C(F)(F)F)c1.[Ir]. The number of halogens is 24. The van der Waals surface area contributed by atoms with E-state index in [1.807, 2.05) is 0 Å². The summed E-state index contributed by atoms with van der Waals surface area (Å²) in [6.45, 7) is 2.21. The standard InChI is InChI=1S/C37H46NO2P.C32H12BF24.C8H12.Ir/c1-29-35(38-36(39-29)32-21-11-4-12-22-32)37(27-30-17-7-2-8-18-30,28-31-19-9-3-10-20-31)40-41(33-23-13-5-14-24-33)34-25-15-6-16-26-34;34-25(35,36)13-1-14(26(37,38)39)6-21(5-13)33(22-7-15(27(40,41)42)2-16(8-22)28(43,44)45,23-9-17(29(46,47)48)3-18(10-23)30(49,50)51)24-11-19(31(52,53)54)4-20(12-24)32(55,56)57;1-2-4-6-8-7-5-3-1;/h2-4,7-12,17-22,29,33-35H,5-6,13-16,23-28H2,1H3;1-12H;1-2,7-8H,3-6H2;/q;-1;;. The molecule has 11 rings (SSSR count). The average Bonchev–Trinajstić information content (AvgIpc) is 1.18. The minimum atomic E-state index is -6.13. The molecule has 0 amide bonds. The zero-order chi connectivity index (χ0) is 77.5. The second-order valence-electron chi connectivity index (χ2n) is 26.8. The number of benzene rings is 7. The summed E-state index contributed by atoms with van der Waals surface area (Å²) in [6.07, 6.45) is -25.7. The van der Waals surface area contributed by atoms with Crippen molar-refractivity contribution >= 4 is 42.0 Å². The normalized spacial score (nSPS) is 17.7. The Kier molecular flexibility index (Phi) is 27.5. The number of hydrogen-bond donors (Lipinski definition) is 0. The van der Waals surface area contributed by atoms with Crippen molar-refractivity contribution in [3.05, 3.63) is 249 Å². The van der Waals surface area contributed by atoms with E-state index in [1.54, 1.807) is 0 Å². The molecule has 0 bridgehead atoms. The van der Waals surface area contributed by atoms with Crippen LogP contribution in [0.1, 0.15) is 158 Å². The first-order valence-corrected chi connectivity index (χ1v) is 35.4. The van der Waals surface area contributed by atoms with Gasteiger partial charge in [0.05, 0.1) is 44.5 Å². The van der Waals surface area contributed by atoms with Gasteiger partial charge in [-0.3, -0.25) is 0 Å². The summed E-state index contributed by atoms with van der Waals surface area (Å²) in [5.74, 6) is 0.761. The van der Waals surface area contributed by atoms with Crippen LogP contribution in [-0.4, -0.2) is 41.1 Å². The van der Waals surface area contributed by atoms with E-state index in [2.05, 4.69) is 122 Å². The Bertz CT molecular complexity index is 3630. The topological polar surface area (TPSA) is 30.8 Å².